The molecule has 3 aromatic heterocycles. The van der Waals surface area contributed by atoms with Crippen molar-refractivity contribution >= 4 is 65.6 Å². The van der Waals surface area contributed by atoms with E-state index in [0.717, 1.165) is 76.9 Å². The van der Waals surface area contributed by atoms with Gasteiger partial charge in [-0.3, -0.25) is 0 Å². The molecule has 0 spiro atoms. The number of nitrogens with zero attached hydrogens (tertiary/aromatic N) is 4. The van der Waals surface area contributed by atoms with Gasteiger partial charge >= 0.3 is 0 Å². The molecule has 0 radical (unpaired) electrons. The normalized spacial score (nSPS) is 11.7. The van der Waals surface area contributed by atoms with Crippen LogP contribution in [0.2, 0.25) is 0 Å². The van der Waals surface area contributed by atoms with Gasteiger partial charge in [0.25, 0.3) is 0 Å². The Morgan fingerprint density at radius 3 is 1.84 bits per heavy atom. The zero-order valence-electron chi connectivity index (χ0n) is 22.7. The fourth-order valence-corrected chi connectivity index (χ4v) is 6.74. The maximum Gasteiger partial charge on any atom is 0.160 e. The van der Waals surface area contributed by atoms with Crippen LogP contribution in [-0.4, -0.2) is 9.13 Å². The van der Waals surface area contributed by atoms with Gasteiger partial charge in [0.05, 0.1) is 45.3 Å². The number of hydrogen-bond acceptors (Lipinski definition) is 3. The third-order valence-electron chi connectivity index (χ3n) is 8.53. The summed E-state index contributed by atoms with van der Waals surface area (Å²) in [6.07, 6.45) is 0. The van der Waals surface area contributed by atoms with Gasteiger partial charge in [-0.05, 0) is 60.7 Å². The molecule has 43 heavy (non-hydrogen) atoms. The monoisotopic (exact) mass is 548 g/mol. The SMILES string of the molecule is N#Cc1cc(-n2c3ccccc3c3cc(C#N)ccc32)cc(-n2c3ccccc3c3ccc4c5ccccc5oc4c32)c1. The maximum atomic E-state index is 10.2. The van der Waals surface area contributed by atoms with Gasteiger partial charge in [0.2, 0.25) is 0 Å². The summed E-state index contributed by atoms with van der Waals surface area (Å²) >= 11 is 0. The van der Waals surface area contributed by atoms with Crippen LogP contribution >= 0.6 is 0 Å². The predicted octanol–water partition coefficient (Wildman–Crippen LogP) is 9.52. The van der Waals surface area contributed by atoms with Crippen molar-refractivity contribution in [3.8, 4) is 23.5 Å². The molecule has 3 heterocycles. The first-order chi connectivity index (χ1) is 21.2. The van der Waals surface area contributed by atoms with Crippen molar-refractivity contribution in [3.63, 3.8) is 0 Å². The van der Waals surface area contributed by atoms with E-state index in [4.69, 9.17) is 4.42 Å². The first-order valence-corrected chi connectivity index (χ1v) is 14.1. The van der Waals surface area contributed by atoms with E-state index < -0.39 is 0 Å². The number of rotatable bonds is 2. The molecule has 198 valence electrons. The second-order valence-electron chi connectivity index (χ2n) is 10.8. The van der Waals surface area contributed by atoms with Crippen molar-refractivity contribution in [2.75, 3.05) is 0 Å². The molecule has 0 bridgehead atoms. The van der Waals surface area contributed by atoms with Crippen LogP contribution in [0, 0.1) is 22.7 Å². The summed E-state index contributed by atoms with van der Waals surface area (Å²) in [7, 11) is 0. The summed E-state index contributed by atoms with van der Waals surface area (Å²) in [5, 5.41) is 26.2. The lowest BCUT2D eigenvalue weighted by atomic mass is 10.1. The molecule has 0 aliphatic rings. The molecule has 5 heteroatoms. The van der Waals surface area contributed by atoms with Crippen LogP contribution < -0.4 is 0 Å². The van der Waals surface area contributed by atoms with Crippen LogP contribution in [-0.2, 0) is 0 Å². The molecule has 9 aromatic rings. The number of hydrogen-bond donors (Lipinski definition) is 0. The third-order valence-corrected chi connectivity index (χ3v) is 8.53. The van der Waals surface area contributed by atoms with Crippen molar-refractivity contribution < 1.29 is 4.42 Å². The zero-order valence-corrected chi connectivity index (χ0v) is 22.7. The second-order valence-corrected chi connectivity index (χ2v) is 10.8. The van der Waals surface area contributed by atoms with E-state index in [9.17, 15) is 10.5 Å². The van der Waals surface area contributed by atoms with Crippen molar-refractivity contribution in [1.29, 1.82) is 10.5 Å². The molecule has 0 unspecified atom stereocenters. The van der Waals surface area contributed by atoms with Gasteiger partial charge in [0.15, 0.2) is 5.58 Å². The largest absolute Gasteiger partial charge is 0.454 e. The fraction of sp³-hybridized carbons (Fsp3) is 0. The molecule has 0 aliphatic heterocycles. The highest BCUT2D eigenvalue weighted by Crippen LogP contribution is 2.41. The molecule has 9 rings (SSSR count). The van der Waals surface area contributed by atoms with Crippen molar-refractivity contribution in [2.45, 2.75) is 0 Å². The molecular weight excluding hydrogens is 528 g/mol. The lowest BCUT2D eigenvalue weighted by Crippen LogP contribution is -2.00. The van der Waals surface area contributed by atoms with E-state index in [0.29, 0.717) is 11.1 Å². The summed E-state index contributed by atoms with van der Waals surface area (Å²) in [5.41, 5.74) is 8.55. The van der Waals surface area contributed by atoms with Gasteiger partial charge in [0.1, 0.15) is 5.58 Å². The Kier molecular flexibility index (Phi) is 4.68. The molecule has 0 amide bonds. The van der Waals surface area contributed by atoms with Crippen molar-refractivity contribution in [3.05, 3.63) is 132 Å². The summed E-state index contributed by atoms with van der Waals surface area (Å²) < 4.78 is 10.9. The summed E-state index contributed by atoms with van der Waals surface area (Å²) in [6, 6.07) is 45.4. The van der Waals surface area contributed by atoms with E-state index >= 15 is 0 Å². The van der Waals surface area contributed by atoms with Gasteiger partial charge in [-0.25, -0.2) is 0 Å². The molecule has 0 saturated heterocycles. The quantitative estimate of drug-likeness (QED) is 0.216. The Morgan fingerprint density at radius 1 is 0.465 bits per heavy atom. The molecule has 0 atom stereocenters. The van der Waals surface area contributed by atoms with Crippen LogP contribution in [0.15, 0.2) is 126 Å². The van der Waals surface area contributed by atoms with Gasteiger partial charge in [0, 0.05) is 43.7 Å². The van der Waals surface area contributed by atoms with Gasteiger partial charge in [-0.2, -0.15) is 10.5 Å². The molecule has 0 N–H and O–H groups in total. The Morgan fingerprint density at radius 2 is 1.07 bits per heavy atom. The molecule has 0 aliphatic carbocycles. The van der Waals surface area contributed by atoms with E-state index in [1.165, 1.54) is 0 Å². The first-order valence-electron chi connectivity index (χ1n) is 14.1. The highest BCUT2D eigenvalue weighted by molar-refractivity contribution is 6.21. The molecule has 5 nitrogen and oxygen atoms in total. The molecule has 0 saturated carbocycles. The molecular formula is C38H20N4O. The number of para-hydroxylation sites is 3. The summed E-state index contributed by atoms with van der Waals surface area (Å²) in [5.74, 6) is 0. The van der Waals surface area contributed by atoms with E-state index in [1.54, 1.807) is 0 Å². The highest BCUT2D eigenvalue weighted by Gasteiger charge is 2.20. The second kappa shape index (κ2) is 8.60. The summed E-state index contributed by atoms with van der Waals surface area (Å²) in [6.45, 7) is 0. The van der Waals surface area contributed by atoms with Crippen molar-refractivity contribution in [2.24, 2.45) is 0 Å². The minimum atomic E-state index is 0.551. The van der Waals surface area contributed by atoms with Crippen LogP contribution in [0.1, 0.15) is 11.1 Å². The zero-order chi connectivity index (χ0) is 28.7. The van der Waals surface area contributed by atoms with Gasteiger partial charge in [-0.15, -0.1) is 0 Å². The van der Waals surface area contributed by atoms with Crippen LogP contribution in [0.25, 0.3) is 76.9 Å². The average Bonchev–Trinajstić information content (AvgIpc) is 3.72. The highest BCUT2D eigenvalue weighted by atomic mass is 16.3. The summed E-state index contributed by atoms with van der Waals surface area (Å²) in [4.78, 5) is 0. The Balaban J connectivity index is 1.42. The Bertz CT molecular complexity index is 2710. The van der Waals surface area contributed by atoms with Crippen molar-refractivity contribution in [1.82, 2.24) is 9.13 Å². The number of aromatic nitrogens is 2. The third kappa shape index (κ3) is 3.19. The topological polar surface area (TPSA) is 70.6 Å². The number of benzene rings is 6. The lowest BCUT2D eigenvalue weighted by Gasteiger charge is -2.14. The standard InChI is InChI=1S/C38H20N4O/c39-21-23-13-16-35-32(19-23)28-8-2-4-10-33(28)41(35)25-17-24(22-40)18-26(20-25)42-34-11-5-1-7-27(34)30-14-15-31-29-9-3-6-12-36(29)43-38(31)37(30)42/h1-20H. The minimum absolute atomic E-state index is 0.551. The minimum Gasteiger partial charge on any atom is -0.454 e. The number of fused-ring (bicyclic) bond motifs is 10. The number of nitriles is 2. The molecule has 0 fully saturated rings. The van der Waals surface area contributed by atoms with Crippen LogP contribution in [0.4, 0.5) is 0 Å². The lowest BCUT2D eigenvalue weighted by molar-refractivity contribution is 0.671. The maximum absolute atomic E-state index is 10.2. The van der Waals surface area contributed by atoms with E-state index in [1.807, 2.05) is 66.7 Å². The number of furan rings is 1. The Hall–Kier alpha value is -6.30. The van der Waals surface area contributed by atoms with Gasteiger partial charge in [-0.1, -0.05) is 60.7 Å². The molecule has 6 aromatic carbocycles. The van der Waals surface area contributed by atoms with Gasteiger partial charge < -0.3 is 13.6 Å². The predicted molar refractivity (Wildman–Crippen MR) is 172 cm³/mol. The average molecular weight is 549 g/mol. The Labute approximate surface area is 245 Å². The van der Waals surface area contributed by atoms with E-state index in [-0.39, 0.29) is 0 Å². The smallest absolute Gasteiger partial charge is 0.160 e. The first kappa shape index (κ1) is 23.4. The fourth-order valence-electron chi connectivity index (χ4n) is 6.74. The van der Waals surface area contributed by atoms with Crippen LogP contribution in [0.5, 0.6) is 0 Å². The van der Waals surface area contributed by atoms with E-state index in [2.05, 4.69) is 75.9 Å². The van der Waals surface area contributed by atoms with Crippen LogP contribution in [0.3, 0.4) is 0 Å².